The van der Waals surface area contributed by atoms with Crippen molar-refractivity contribution in [2.45, 2.75) is 18.9 Å². The second-order valence-electron chi connectivity index (χ2n) is 5.42. The Kier molecular flexibility index (Phi) is 4.18. The van der Waals surface area contributed by atoms with Crippen molar-refractivity contribution < 1.29 is 9.90 Å². The zero-order valence-corrected chi connectivity index (χ0v) is 12.0. The van der Waals surface area contributed by atoms with Crippen LogP contribution in [0.4, 0.5) is 0 Å². The molecule has 21 heavy (non-hydrogen) atoms. The van der Waals surface area contributed by atoms with Gasteiger partial charge in [-0.2, -0.15) is 0 Å². The number of pyridine rings is 1. The average molecular weight is 285 g/mol. The number of aliphatic hydroxyl groups excluding tert-OH is 1. The molecule has 1 saturated carbocycles. The van der Waals surface area contributed by atoms with Gasteiger partial charge in [0.1, 0.15) is 12.3 Å². The molecule has 1 aliphatic heterocycles. The van der Waals surface area contributed by atoms with Crippen LogP contribution in [0.5, 0.6) is 0 Å². The van der Waals surface area contributed by atoms with E-state index < -0.39 is 0 Å². The molecule has 5 nitrogen and oxygen atoms in total. The van der Waals surface area contributed by atoms with Crippen molar-refractivity contribution in [1.29, 1.82) is 0 Å². The maximum Gasteiger partial charge on any atom is 0.273 e. The molecule has 1 aliphatic carbocycles. The maximum atomic E-state index is 12.6. The Morgan fingerprint density at radius 3 is 2.76 bits per heavy atom. The fraction of sp³-hybridized carbons (Fsp3) is 0.500. The highest BCUT2D eigenvalue weighted by molar-refractivity contribution is 5.94. The molecule has 5 heteroatoms. The van der Waals surface area contributed by atoms with Gasteiger partial charge in [-0.3, -0.25) is 9.69 Å². The van der Waals surface area contributed by atoms with Crippen LogP contribution in [-0.4, -0.2) is 64.6 Å². The van der Waals surface area contributed by atoms with Crippen LogP contribution >= 0.6 is 0 Å². The fourth-order valence-electron chi connectivity index (χ4n) is 2.69. The molecular weight excluding hydrogens is 266 g/mol. The third-order valence-electron chi connectivity index (χ3n) is 3.98. The molecule has 1 N–H and O–H groups in total. The number of piperazine rings is 1. The van der Waals surface area contributed by atoms with Crippen LogP contribution in [0.1, 0.15) is 28.9 Å². The van der Waals surface area contributed by atoms with Gasteiger partial charge in [0.05, 0.1) is 5.56 Å². The van der Waals surface area contributed by atoms with Gasteiger partial charge in [-0.1, -0.05) is 11.8 Å². The van der Waals surface area contributed by atoms with E-state index in [-0.39, 0.29) is 12.5 Å². The van der Waals surface area contributed by atoms with Crippen molar-refractivity contribution in [3.05, 3.63) is 29.6 Å². The van der Waals surface area contributed by atoms with E-state index in [4.69, 9.17) is 5.11 Å². The smallest absolute Gasteiger partial charge is 0.273 e. The minimum Gasteiger partial charge on any atom is -0.384 e. The van der Waals surface area contributed by atoms with Gasteiger partial charge in [0, 0.05) is 38.4 Å². The topological polar surface area (TPSA) is 56.7 Å². The summed E-state index contributed by atoms with van der Waals surface area (Å²) >= 11 is 0. The Morgan fingerprint density at radius 1 is 1.33 bits per heavy atom. The van der Waals surface area contributed by atoms with Crippen LogP contribution < -0.4 is 0 Å². The van der Waals surface area contributed by atoms with Gasteiger partial charge in [0.15, 0.2) is 0 Å². The number of carbonyl (C=O) groups is 1. The zero-order chi connectivity index (χ0) is 14.7. The summed E-state index contributed by atoms with van der Waals surface area (Å²) in [6.07, 6.45) is 4.21. The molecule has 0 atom stereocenters. The van der Waals surface area contributed by atoms with Crippen molar-refractivity contribution in [3.63, 3.8) is 0 Å². The molecule has 1 aromatic rings. The van der Waals surface area contributed by atoms with Gasteiger partial charge in [0.25, 0.3) is 5.91 Å². The normalized spacial score (nSPS) is 19.0. The molecule has 0 aromatic carbocycles. The molecule has 0 bridgehead atoms. The van der Waals surface area contributed by atoms with Crippen LogP contribution in [0.25, 0.3) is 0 Å². The van der Waals surface area contributed by atoms with Gasteiger partial charge < -0.3 is 10.0 Å². The molecule has 0 radical (unpaired) electrons. The lowest BCUT2D eigenvalue weighted by Gasteiger charge is -2.34. The van der Waals surface area contributed by atoms with Gasteiger partial charge in [-0.25, -0.2) is 4.98 Å². The number of nitrogens with zero attached hydrogens (tertiary/aromatic N) is 3. The van der Waals surface area contributed by atoms with E-state index >= 15 is 0 Å². The molecule has 3 rings (SSSR count). The summed E-state index contributed by atoms with van der Waals surface area (Å²) in [4.78, 5) is 21.1. The summed E-state index contributed by atoms with van der Waals surface area (Å²) in [5.74, 6) is 5.32. The monoisotopic (exact) mass is 285 g/mol. The molecule has 0 unspecified atom stereocenters. The summed E-state index contributed by atoms with van der Waals surface area (Å²) in [6, 6.07) is 4.27. The maximum absolute atomic E-state index is 12.6. The first-order valence-electron chi connectivity index (χ1n) is 7.37. The summed E-state index contributed by atoms with van der Waals surface area (Å²) in [7, 11) is 0. The molecule has 2 fully saturated rings. The van der Waals surface area contributed by atoms with Crippen LogP contribution in [0, 0.1) is 11.8 Å². The largest absolute Gasteiger partial charge is 0.384 e. The highest BCUT2D eigenvalue weighted by atomic mass is 16.2. The summed E-state index contributed by atoms with van der Waals surface area (Å²) in [5.41, 5.74) is 0.972. The van der Waals surface area contributed by atoms with E-state index in [1.54, 1.807) is 18.3 Å². The Labute approximate surface area is 124 Å². The number of carbonyl (C=O) groups excluding carboxylic acids is 1. The Hall–Kier alpha value is -1.90. The van der Waals surface area contributed by atoms with Gasteiger partial charge >= 0.3 is 0 Å². The predicted molar refractivity (Wildman–Crippen MR) is 78.7 cm³/mol. The van der Waals surface area contributed by atoms with Gasteiger partial charge in [0.2, 0.25) is 0 Å². The minimum atomic E-state index is -0.220. The van der Waals surface area contributed by atoms with Crippen LogP contribution in [-0.2, 0) is 0 Å². The van der Waals surface area contributed by atoms with Crippen LogP contribution in [0.15, 0.2) is 18.3 Å². The Balaban J connectivity index is 1.70. The van der Waals surface area contributed by atoms with Crippen molar-refractivity contribution >= 4 is 5.91 Å². The molecule has 2 aliphatic rings. The lowest BCUT2D eigenvalue weighted by Crippen LogP contribution is -2.49. The van der Waals surface area contributed by atoms with Crippen molar-refractivity contribution in [2.75, 3.05) is 32.8 Å². The zero-order valence-electron chi connectivity index (χ0n) is 12.0. The average Bonchev–Trinajstić information content (AvgIpc) is 3.37. The quantitative estimate of drug-likeness (QED) is 0.797. The SMILES string of the molecule is O=C(c1ncccc1C#CCO)N1CCN(C2CC2)CC1. The number of hydrogen-bond acceptors (Lipinski definition) is 4. The van der Waals surface area contributed by atoms with Gasteiger partial charge in [-0.05, 0) is 25.0 Å². The molecule has 1 aromatic heterocycles. The summed E-state index contributed by atoms with van der Waals surface area (Å²) < 4.78 is 0. The molecule has 2 heterocycles. The number of hydrogen-bond donors (Lipinski definition) is 1. The lowest BCUT2D eigenvalue weighted by atomic mass is 10.1. The highest BCUT2D eigenvalue weighted by Gasteiger charge is 2.32. The van der Waals surface area contributed by atoms with E-state index in [9.17, 15) is 4.79 Å². The fourth-order valence-corrected chi connectivity index (χ4v) is 2.69. The highest BCUT2D eigenvalue weighted by Crippen LogP contribution is 2.27. The number of amides is 1. The van der Waals surface area contributed by atoms with E-state index in [2.05, 4.69) is 21.7 Å². The molecule has 110 valence electrons. The molecular formula is C16H19N3O2. The Bertz CT molecular complexity index is 579. The second kappa shape index (κ2) is 6.25. The Morgan fingerprint density at radius 2 is 2.10 bits per heavy atom. The van der Waals surface area contributed by atoms with Gasteiger partial charge in [-0.15, -0.1) is 0 Å². The van der Waals surface area contributed by atoms with E-state index in [1.165, 1.54) is 12.8 Å². The van der Waals surface area contributed by atoms with Crippen molar-refractivity contribution in [2.24, 2.45) is 0 Å². The first-order valence-corrected chi connectivity index (χ1v) is 7.37. The molecule has 1 amide bonds. The number of aromatic nitrogens is 1. The van der Waals surface area contributed by atoms with E-state index in [0.29, 0.717) is 11.3 Å². The van der Waals surface area contributed by atoms with Crippen molar-refractivity contribution in [1.82, 2.24) is 14.8 Å². The number of rotatable bonds is 2. The predicted octanol–water partition coefficient (Wildman–Crippen LogP) is 0.346. The second-order valence-corrected chi connectivity index (χ2v) is 5.42. The van der Waals surface area contributed by atoms with E-state index in [1.807, 2.05) is 4.90 Å². The molecule has 0 spiro atoms. The molecule has 1 saturated heterocycles. The minimum absolute atomic E-state index is 0.0618. The number of aliphatic hydroxyl groups is 1. The lowest BCUT2D eigenvalue weighted by molar-refractivity contribution is 0.0621. The van der Waals surface area contributed by atoms with Crippen molar-refractivity contribution in [3.8, 4) is 11.8 Å². The van der Waals surface area contributed by atoms with Crippen LogP contribution in [0.3, 0.4) is 0 Å². The third-order valence-corrected chi connectivity index (χ3v) is 3.98. The summed E-state index contributed by atoms with van der Waals surface area (Å²) in [5, 5.41) is 8.80. The third kappa shape index (κ3) is 3.23. The summed E-state index contributed by atoms with van der Waals surface area (Å²) in [6.45, 7) is 3.17. The first kappa shape index (κ1) is 14.1. The van der Waals surface area contributed by atoms with E-state index in [0.717, 1.165) is 32.2 Å². The first-order chi connectivity index (χ1) is 10.3. The van der Waals surface area contributed by atoms with Crippen LogP contribution in [0.2, 0.25) is 0 Å². The standard InChI is InChI=1S/C16H19N3O2/c20-12-2-4-13-3-1-7-17-15(13)16(21)19-10-8-18(9-11-19)14-5-6-14/h1,3,7,14,20H,5-6,8-12H2.